The third kappa shape index (κ3) is 2.32. The van der Waals surface area contributed by atoms with Crippen molar-refractivity contribution in [1.82, 2.24) is 10.2 Å². The molecule has 7 heteroatoms. The Labute approximate surface area is 86.3 Å². The second-order valence-corrected chi connectivity index (χ2v) is 3.39. The Hall–Kier alpha value is -1.02. The van der Waals surface area contributed by atoms with Gasteiger partial charge in [0.2, 0.25) is 0 Å². The SMILES string of the molecule is CNCC(O)CN1C(=O)C(O)C(O)C1=O. The molecule has 0 aromatic heterocycles. The van der Waals surface area contributed by atoms with Crippen molar-refractivity contribution < 1.29 is 24.9 Å². The molecule has 2 amide bonds. The Morgan fingerprint density at radius 3 is 2.20 bits per heavy atom. The molecule has 3 atom stereocenters. The minimum absolute atomic E-state index is 0.212. The molecular weight excluding hydrogens is 204 g/mol. The van der Waals surface area contributed by atoms with Crippen LogP contribution in [0.5, 0.6) is 0 Å². The van der Waals surface area contributed by atoms with Crippen LogP contribution in [-0.4, -0.2) is 70.5 Å². The van der Waals surface area contributed by atoms with Crippen LogP contribution in [0.1, 0.15) is 0 Å². The minimum Gasteiger partial charge on any atom is -0.390 e. The molecule has 1 aliphatic heterocycles. The summed E-state index contributed by atoms with van der Waals surface area (Å²) in [5, 5.41) is 30.2. The maximum Gasteiger partial charge on any atom is 0.261 e. The molecule has 0 aromatic rings. The van der Waals surface area contributed by atoms with Crippen LogP contribution < -0.4 is 5.32 Å². The van der Waals surface area contributed by atoms with E-state index in [2.05, 4.69) is 5.32 Å². The Morgan fingerprint density at radius 1 is 1.33 bits per heavy atom. The van der Waals surface area contributed by atoms with E-state index in [1.807, 2.05) is 0 Å². The number of likely N-dealkylation sites (N-methyl/N-ethyl adjacent to an activating group) is 1. The second-order valence-electron chi connectivity index (χ2n) is 3.39. The van der Waals surface area contributed by atoms with Crippen molar-refractivity contribution in [2.75, 3.05) is 20.1 Å². The summed E-state index contributed by atoms with van der Waals surface area (Å²) in [6, 6.07) is 0. The summed E-state index contributed by atoms with van der Waals surface area (Å²) in [7, 11) is 1.61. The number of likely N-dealkylation sites (tertiary alicyclic amines) is 1. The van der Waals surface area contributed by atoms with Crippen molar-refractivity contribution in [1.29, 1.82) is 0 Å². The van der Waals surface area contributed by atoms with Crippen LogP contribution in [0.4, 0.5) is 0 Å². The zero-order chi connectivity index (χ0) is 11.6. The van der Waals surface area contributed by atoms with E-state index in [4.69, 9.17) is 10.2 Å². The van der Waals surface area contributed by atoms with Crippen LogP contribution in [0, 0.1) is 0 Å². The summed E-state index contributed by atoms with van der Waals surface area (Å²) in [4.78, 5) is 23.1. The Bertz CT molecular complexity index is 250. The van der Waals surface area contributed by atoms with Gasteiger partial charge < -0.3 is 20.6 Å². The van der Waals surface area contributed by atoms with E-state index in [0.717, 1.165) is 0 Å². The highest BCUT2D eigenvalue weighted by Crippen LogP contribution is 2.13. The van der Waals surface area contributed by atoms with Gasteiger partial charge in [0.15, 0.2) is 12.2 Å². The lowest BCUT2D eigenvalue weighted by atomic mass is 10.2. The first-order valence-corrected chi connectivity index (χ1v) is 4.53. The van der Waals surface area contributed by atoms with E-state index >= 15 is 0 Å². The Morgan fingerprint density at radius 2 is 1.80 bits per heavy atom. The van der Waals surface area contributed by atoms with Gasteiger partial charge in [-0.15, -0.1) is 0 Å². The quantitative estimate of drug-likeness (QED) is 0.367. The van der Waals surface area contributed by atoms with E-state index in [1.54, 1.807) is 7.05 Å². The molecule has 3 unspecified atom stereocenters. The molecule has 1 saturated heterocycles. The number of nitrogens with zero attached hydrogens (tertiary/aromatic N) is 1. The predicted octanol–water partition coefficient (Wildman–Crippen LogP) is -3.34. The van der Waals surface area contributed by atoms with E-state index in [0.29, 0.717) is 4.90 Å². The third-order valence-electron chi connectivity index (χ3n) is 2.17. The predicted molar refractivity (Wildman–Crippen MR) is 48.7 cm³/mol. The summed E-state index contributed by atoms with van der Waals surface area (Å²) < 4.78 is 0. The number of amides is 2. The maximum atomic E-state index is 11.2. The molecule has 86 valence electrons. The molecule has 0 bridgehead atoms. The molecule has 0 saturated carbocycles. The average Bonchev–Trinajstić information content (AvgIpc) is 2.36. The van der Waals surface area contributed by atoms with Crippen LogP contribution >= 0.6 is 0 Å². The molecule has 0 aliphatic carbocycles. The molecule has 7 nitrogen and oxygen atoms in total. The van der Waals surface area contributed by atoms with Gasteiger partial charge in [0, 0.05) is 6.54 Å². The highest BCUT2D eigenvalue weighted by atomic mass is 16.4. The fraction of sp³-hybridized carbons (Fsp3) is 0.750. The summed E-state index contributed by atoms with van der Waals surface area (Å²) in [6.45, 7) is -0.0180. The smallest absolute Gasteiger partial charge is 0.261 e. The van der Waals surface area contributed by atoms with Crippen molar-refractivity contribution in [2.45, 2.75) is 18.3 Å². The normalized spacial score (nSPS) is 28.7. The summed E-state index contributed by atoms with van der Waals surface area (Å²) in [5.74, 6) is -1.75. The molecule has 0 aromatic carbocycles. The molecule has 0 spiro atoms. The lowest BCUT2D eigenvalue weighted by molar-refractivity contribution is -0.142. The first kappa shape index (κ1) is 12.1. The molecule has 1 heterocycles. The number of carbonyl (C=O) groups is 2. The van der Waals surface area contributed by atoms with Crippen molar-refractivity contribution in [3.05, 3.63) is 0 Å². The van der Waals surface area contributed by atoms with Gasteiger partial charge in [-0.25, -0.2) is 0 Å². The fourth-order valence-electron chi connectivity index (χ4n) is 1.39. The van der Waals surface area contributed by atoms with Gasteiger partial charge in [-0.05, 0) is 7.05 Å². The van der Waals surface area contributed by atoms with Crippen LogP contribution in [0.3, 0.4) is 0 Å². The summed E-state index contributed by atoms with van der Waals surface area (Å²) >= 11 is 0. The first-order valence-electron chi connectivity index (χ1n) is 4.53. The third-order valence-corrected chi connectivity index (χ3v) is 2.17. The number of hydrogen-bond acceptors (Lipinski definition) is 6. The Balaban J connectivity index is 2.62. The molecule has 4 N–H and O–H groups in total. The maximum absolute atomic E-state index is 11.2. The summed E-state index contributed by atoms with van der Waals surface area (Å²) in [6.07, 6.45) is -4.33. The molecule has 1 rings (SSSR count). The van der Waals surface area contributed by atoms with E-state index in [9.17, 15) is 14.7 Å². The zero-order valence-electron chi connectivity index (χ0n) is 8.25. The van der Waals surface area contributed by atoms with Crippen LogP contribution in [0.2, 0.25) is 0 Å². The highest BCUT2D eigenvalue weighted by molar-refractivity contribution is 6.07. The van der Waals surface area contributed by atoms with Gasteiger partial charge in [-0.2, -0.15) is 0 Å². The number of nitrogens with one attached hydrogen (secondary N) is 1. The van der Waals surface area contributed by atoms with Gasteiger partial charge in [-0.3, -0.25) is 14.5 Å². The van der Waals surface area contributed by atoms with Gasteiger partial charge in [0.05, 0.1) is 12.6 Å². The Kier molecular flexibility index (Phi) is 3.75. The van der Waals surface area contributed by atoms with Gasteiger partial charge in [-0.1, -0.05) is 0 Å². The van der Waals surface area contributed by atoms with Gasteiger partial charge in [0.1, 0.15) is 0 Å². The van der Waals surface area contributed by atoms with Crippen molar-refractivity contribution in [3.8, 4) is 0 Å². The minimum atomic E-state index is -1.71. The topological polar surface area (TPSA) is 110 Å². The van der Waals surface area contributed by atoms with E-state index in [-0.39, 0.29) is 13.1 Å². The van der Waals surface area contributed by atoms with Crippen molar-refractivity contribution in [2.24, 2.45) is 0 Å². The number of rotatable bonds is 4. The average molecular weight is 218 g/mol. The van der Waals surface area contributed by atoms with Crippen LogP contribution in [-0.2, 0) is 9.59 Å². The number of aliphatic hydroxyl groups excluding tert-OH is 3. The first-order chi connectivity index (χ1) is 6.99. The number of carbonyl (C=O) groups excluding carboxylic acids is 2. The fourth-order valence-corrected chi connectivity index (χ4v) is 1.39. The van der Waals surface area contributed by atoms with E-state index in [1.165, 1.54) is 0 Å². The molecule has 1 fully saturated rings. The lowest BCUT2D eigenvalue weighted by Gasteiger charge is -2.17. The van der Waals surface area contributed by atoms with Crippen LogP contribution in [0.25, 0.3) is 0 Å². The number of hydrogen-bond donors (Lipinski definition) is 4. The largest absolute Gasteiger partial charge is 0.390 e. The van der Waals surface area contributed by atoms with E-state index < -0.39 is 30.1 Å². The van der Waals surface area contributed by atoms with Crippen molar-refractivity contribution >= 4 is 11.8 Å². The van der Waals surface area contributed by atoms with Crippen molar-refractivity contribution in [3.63, 3.8) is 0 Å². The van der Waals surface area contributed by atoms with Crippen LogP contribution in [0.15, 0.2) is 0 Å². The second kappa shape index (κ2) is 4.67. The molecule has 0 radical (unpaired) electrons. The number of aliphatic hydroxyl groups is 3. The molecular formula is C8H14N2O5. The van der Waals surface area contributed by atoms with Gasteiger partial charge >= 0.3 is 0 Å². The summed E-state index contributed by atoms with van der Waals surface area (Å²) in [5.41, 5.74) is 0. The standard InChI is InChI=1S/C8H14N2O5/c1-9-2-4(11)3-10-7(14)5(12)6(13)8(10)15/h4-6,9,11-13H,2-3H2,1H3. The monoisotopic (exact) mass is 218 g/mol. The number of imide groups is 1. The lowest BCUT2D eigenvalue weighted by Crippen LogP contribution is -2.41. The number of β-amino-alcohol motifs (C(OH)–C–C–N with tert-alkyl or cyclic N) is 1. The molecule has 1 aliphatic rings. The molecule has 15 heavy (non-hydrogen) atoms. The van der Waals surface area contributed by atoms with Gasteiger partial charge in [0.25, 0.3) is 11.8 Å². The highest BCUT2D eigenvalue weighted by Gasteiger charge is 2.46. The zero-order valence-corrected chi connectivity index (χ0v) is 8.25.